The molecule has 0 aliphatic heterocycles. The van der Waals surface area contributed by atoms with Gasteiger partial charge in [0.1, 0.15) is 0 Å². The van der Waals surface area contributed by atoms with Crippen molar-refractivity contribution in [2.45, 2.75) is 12.7 Å². The maximum Gasteiger partial charge on any atom is 0.418 e. The second kappa shape index (κ2) is 5.65. The molecule has 0 radical (unpaired) electrons. The summed E-state index contributed by atoms with van der Waals surface area (Å²) in [4.78, 5) is 0. The molecule has 19 heavy (non-hydrogen) atoms. The van der Waals surface area contributed by atoms with Crippen molar-refractivity contribution in [3.63, 3.8) is 0 Å². The lowest BCUT2D eigenvalue weighted by molar-refractivity contribution is -0.136. The monoisotopic (exact) mass is 329 g/mol. The van der Waals surface area contributed by atoms with Crippen molar-refractivity contribution in [3.8, 4) is 0 Å². The first-order valence-corrected chi connectivity index (χ1v) is 6.40. The van der Waals surface area contributed by atoms with E-state index in [-0.39, 0.29) is 5.69 Å². The van der Waals surface area contributed by atoms with Gasteiger partial charge < -0.3 is 5.32 Å². The molecule has 0 bridgehead atoms. The average Bonchev–Trinajstić information content (AvgIpc) is 2.37. The molecule has 1 nitrogen and oxygen atoms in total. The number of para-hydroxylation sites is 1. The van der Waals surface area contributed by atoms with Crippen LogP contribution in [0.2, 0.25) is 0 Å². The first-order valence-electron chi connectivity index (χ1n) is 5.61. The molecule has 0 aliphatic carbocycles. The van der Waals surface area contributed by atoms with Crippen molar-refractivity contribution < 1.29 is 13.2 Å². The molecule has 0 heterocycles. The van der Waals surface area contributed by atoms with Gasteiger partial charge in [0.25, 0.3) is 0 Å². The van der Waals surface area contributed by atoms with E-state index in [2.05, 4.69) is 21.2 Å². The van der Waals surface area contributed by atoms with Crippen molar-refractivity contribution in [2.75, 3.05) is 5.32 Å². The molecule has 1 N–H and O–H groups in total. The van der Waals surface area contributed by atoms with E-state index in [1.54, 1.807) is 6.07 Å². The number of rotatable bonds is 3. The Morgan fingerprint density at radius 1 is 0.947 bits per heavy atom. The molecule has 0 amide bonds. The zero-order valence-corrected chi connectivity index (χ0v) is 11.4. The van der Waals surface area contributed by atoms with Crippen molar-refractivity contribution in [1.29, 1.82) is 0 Å². The van der Waals surface area contributed by atoms with E-state index in [4.69, 9.17) is 0 Å². The summed E-state index contributed by atoms with van der Waals surface area (Å²) in [5.41, 5.74) is 0.366. The first kappa shape index (κ1) is 13.9. The summed E-state index contributed by atoms with van der Waals surface area (Å²) in [6.07, 6.45) is -4.34. The highest BCUT2D eigenvalue weighted by molar-refractivity contribution is 9.10. The molecule has 2 aromatic carbocycles. The minimum Gasteiger partial charge on any atom is -0.380 e. The second-order valence-corrected chi connectivity index (χ2v) is 4.94. The summed E-state index contributed by atoms with van der Waals surface area (Å²) in [6, 6.07) is 12.9. The fraction of sp³-hybridized carbons (Fsp3) is 0.143. The summed E-state index contributed by atoms with van der Waals surface area (Å²) in [5.74, 6) is 0. The average molecular weight is 330 g/mol. The minimum absolute atomic E-state index is 0.0953. The van der Waals surface area contributed by atoms with Gasteiger partial charge in [-0.3, -0.25) is 0 Å². The van der Waals surface area contributed by atoms with Gasteiger partial charge in [-0.15, -0.1) is 0 Å². The number of anilines is 1. The Morgan fingerprint density at radius 3 is 2.21 bits per heavy atom. The van der Waals surface area contributed by atoms with Crippen molar-refractivity contribution in [2.24, 2.45) is 0 Å². The number of hydrogen-bond donors (Lipinski definition) is 1. The van der Waals surface area contributed by atoms with Crippen LogP contribution in [0.3, 0.4) is 0 Å². The molecule has 0 spiro atoms. The molecule has 0 unspecified atom stereocenters. The summed E-state index contributed by atoms with van der Waals surface area (Å²) in [5, 5.41) is 2.82. The topological polar surface area (TPSA) is 12.0 Å². The lowest BCUT2D eigenvalue weighted by Gasteiger charge is -2.14. The van der Waals surface area contributed by atoms with Crippen LogP contribution in [0.15, 0.2) is 53.0 Å². The molecule has 100 valence electrons. The molecule has 0 fully saturated rings. The molecule has 2 aromatic rings. The van der Waals surface area contributed by atoms with Crippen molar-refractivity contribution >= 4 is 21.6 Å². The molecule has 2 rings (SSSR count). The van der Waals surface area contributed by atoms with Crippen LogP contribution in [0.4, 0.5) is 18.9 Å². The summed E-state index contributed by atoms with van der Waals surface area (Å²) in [6.45, 7) is 0.348. The smallest absolute Gasteiger partial charge is 0.380 e. The Labute approximate surface area is 117 Å². The number of nitrogens with one attached hydrogen (secondary N) is 1. The molecule has 0 aromatic heterocycles. The largest absolute Gasteiger partial charge is 0.418 e. The van der Waals surface area contributed by atoms with E-state index in [1.807, 2.05) is 24.3 Å². The Kier molecular flexibility index (Phi) is 4.14. The van der Waals surface area contributed by atoms with Crippen LogP contribution in [-0.4, -0.2) is 0 Å². The first-order chi connectivity index (χ1) is 8.97. The zero-order chi connectivity index (χ0) is 13.9. The lowest BCUT2D eigenvalue weighted by atomic mass is 10.1. The Morgan fingerprint density at radius 2 is 1.58 bits per heavy atom. The fourth-order valence-corrected chi connectivity index (χ4v) is 1.95. The van der Waals surface area contributed by atoms with E-state index < -0.39 is 11.7 Å². The van der Waals surface area contributed by atoms with Gasteiger partial charge in [0.2, 0.25) is 0 Å². The van der Waals surface area contributed by atoms with Crippen LogP contribution in [0.5, 0.6) is 0 Å². The van der Waals surface area contributed by atoms with Crippen LogP contribution in [0, 0.1) is 0 Å². The van der Waals surface area contributed by atoms with Crippen LogP contribution in [0.1, 0.15) is 11.1 Å². The number of halogens is 4. The third-order valence-electron chi connectivity index (χ3n) is 2.63. The molecule has 0 aliphatic rings. The van der Waals surface area contributed by atoms with E-state index in [0.717, 1.165) is 16.1 Å². The summed E-state index contributed by atoms with van der Waals surface area (Å²) in [7, 11) is 0. The number of alkyl halides is 3. The second-order valence-electron chi connectivity index (χ2n) is 4.02. The van der Waals surface area contributed by atoms with Crippen LogP contribution >= 0.6 is 15.9 Å². The van der Waals surface area contributed by atoms with Gasteiger partial charge in [-0.2, -0.15) is 13.2 Å². The van der Waals surface area contributed by atoms with Crippen LogP contribution < -0.4 is 5.32 Å². The third-order valence-corrected chi connectivity index (χ3v) is 3.16. The van der Waals surface area contributed by atoms with Crippen LogP contribution in [0.25, 0.3) is 0 Å². The van der Waals surface area contributed by atoms with Gasteiger partial charge >= 0.3 is 6.18 Å². The Bertz CT molecular complexity index is 549. The molecule has 0 saturated carbocycles. The van der Waals surface area contributed by atoms with Gasteiger partial charge in [-0.05, 0) is 29.8 Å². The van der Waals surface area contributed by atoms with Crippen molar-refractivity contribution in [3.05, 3.63) is 64.1 Å². The van der Waals surface area contributed by atoms with Gasteiger partial charge in [0.15, 0.2) is 0 Å². The summed E-state index contributed by atoms with van der Waals surface area (Å²) < 4.78 is 39.3. The normalized spacial score (nSPS) is 11.4. The highest BCUT2D eigenvalue weighted by Gasteiger charge is 2.32. The molecule has 5 heteroatoms. The lowest BCUT2D eigenvalue weighted by Crippen LogP contribution is -2.10. The highest BCUT2D eigenvalue weighted by Crippen LogP contribution is 2.34. The Hall–Kier alpha value is -1.49. The van der Waals surface area contributed by atoms with Crippen molar-refractivity contribution in [1.82, 2.24) is 0 Å². The van der Waals surface area contributed by atoms with Gasteiger partial charge in [-0.1, -0.05) is 40.2 Å². The molecular weight excluding hydrogens is 319 g/mol. The molecular formula is C14H11BrF3N. The van der Waals surface area contributed by atoms with Gasteiger partial charge in [-0.25, -0.2) is 0 Å². The maximum absolute atomic E-state index is 12.8. The standard InChI is InChI=1S/C14H11BrF3N/c15-11-7-5-10(6-8-11)9-19-13-4-2-1-3-12(13)14(16,17)18/h1-8,19H,9H2. The molecule has 0 atom stereocenters. The molecule has 0 saturated heterocycles. The van der Waals surface area contributed by atoms with E-state index >= 15 is 0 Å². The fourth-order valence-electron chi connectivity index (χ4n) is 1.68. The minimum atomic E-state index is -4.34. The van der Waals surface area contributed by atoms with Crippen LogP contribution in [-0.2, 0) is 12.7 Å². The quantitative estimate of drug-likeness (QED) is 0.827. The number of hydrogen-bond acceptors (Lipinski definition) is 1. The zero-order valence-electron chi connectivity index (χ0n) is 9.84. The highest BCUT2D eigenvalue weighted by atomic mass is 79.9. The Balaban J connectivity index is 2.14. The predicted molar refractivity (Wildman–Crippen MR) is 72.9 cm³/mol. The van der Waals surface area contributed by atoms with E-state index in [9.17, 15) is 13.2 Å². The van der Waals surface area contributed by atoms with E-state index in [1.165, 1.54) is 12.1 Å². The van der Waals surface area contributed by atoms with Gasteiger partial charge in [0.05, 0.1) is 5.56 Å². The predicted octanol–water partition coefficient (Wildman–Crippen LogP) is 5.08. The maximum atomic E-state index is 12.8. The third kappa shape index (κ3) is 3.73. The SMILES string of the molecule is FC(F)(F)c1ccccc1NCc1ccc(Br)cc1. The van der Waals surface area contributed by atoms with E-state index in [0.29, 0.717) is 6.54 Å². The summed E-state index contributed by atoms with van der Waals surface area (Å²) >= 11 is 3.31. The number of benzene rings is 2. The van der Waals surface area contributed by atoms with Gasteiger partial charge in [0, 0.05) is 16.7 Å².